The predicted molar refractivity (Wildman–Crippen MR) is 88.2 cm³/mol. The minimum Gasteiger partial charge on any atom is -0.312 e. The van der Waals surface area contributed by atoms with Crippen LogP contribution in [0.25, 0.3) is 0 Å². The number of nitrogens with zero attached hydrogens (tertiary/aromatic N) is 1. The molecular weight excluding hydrogens is 244 g/mol. The molecule has 2 unspecified atom stereocenters. The SMILES string of the molecule is CCCNC(CC1CCC1)C(C)(CC)N1CCCCC1. The Morgan fingerprint density at radius 1 is 1.10 bits per heavy atom. The van der Waals surface area contributed by atoms with Crippen LogP contribution in [0.15, 0.2) is 0 Å². The summed E-state index contributed by atoms with van der Waals surface area (Å²) in [5.74, 6) is 1.00. The molecule has 2 heteroatoms. The normalized spacial score (nSPS) is 25.9. The van der Waals surface area contributed by atoms with Crippen LogP contribution in [0.5, 0.6) is 0 Å². The Kier molecular flexibility index (Phi) is 6.35. The standard InChI is InChI=1S/C18H36N2/c1-4-12-19-17(15-16-10-9-11-16)18(3,5-2)20-13-7-6-8-14-20/h16-17,19H,4-15H2,1-3H3. The number of hydrogen-bond acceptors (Lipinski definition) is 2. The van der Waals surface area contributed by atoms with E-state index in [0.717, 1.165) is 5.92 Å². The molecule has 2 rings (SSSR count). The van der Waals surface area contributed by atoms with Gasteiger partial charge in [0.2, 0.25) is 0 Å². The van der Waals surface area contributed by atoms with Crippen LogP contribution in [0, 0.1) is 5.92 Å². The third kappa shape index (κ3) is 3.76. The molecule has 0 spiro atoms. The van der Waals surface area contributed by atoms with Crippen molar-refractivity contribution in [3.63, 3.8) is 0 Å². The molecule has 0 bridgehead atoms. The monoisotopic (exact) mass is 280 g/mol. The Morgan fingerprint density at radius 3 is 2.30 bits per heavy atom. The van der Waals surface area contributed by atoms with Crippen LogP contribution in [0.3, 0.4) is 0 Å². The van der Waals surface area contributed by atoms with Gasteiger partial charge in [0, 0.05) is 11.6 Å². The van der Waals surface area contributed by atoms with E-state index in [1.807, 2.05) is 0 Å². The van der Waals surface area contributed by atoms with E-state index >= 15 is 0 Å². The van der Waals surface area contributed by atoms with Gasteiger partial charge in [-0.3, -0.25) is 4.90 Å². The van der Waals surface area contributed by atoms with Crippen molar-refractivity contribution in [1.82, 2.24) is 10.2 Å². The molecule has 1 aliphatic carbocycles. The third-order valence-corrected chi connectivity index (χ3v) is 5.98. The van der Waals surface area contributed by atoms with Crippen LogP contribution in [0.2, 0.25) is 0 Å². The van der Waals surface area contributed by atoms with Crippen LogP contribution >= 0.6 is 0 Å². The molecule has 2 fully saturated rings. The smallest absolute Gasteiger partial charge is 0.0331 e. The van der Waals surface area contributed by atoms with Crippen LogP contribution < -0.4 is 5.32 Å². The van der Waals surface area contributed by atoms with Gasteiger partial charge < -0.3 is 5.32 Å². The summed E-state index contributed by atoms with van der Waals surface area (Å²) in [5, 5.41) is 3.92. The predicted octanol–water partition coefficient (Wildman–Crippen LogP) is 4.20. The first kappa shape index (κ1) is 16.3. The maximum absolute atomic E-state index is 3.92. The summed E-state index contributed by atoms with van der Waals surface area (Å²) < 4.78 is 0. The summed E-state index contributed by atoms with van der Waals surface area (Å²) in [6.45, 7) is 11.0. The van der Waals surface area contributed by atoms with Gasteiger partial charge in [0.1, 0.15) is 0 Å². The number of likely N-dealkylation sites (tertiary alicyclic amines) is 1. The average molecular weight is 280 g/mol. The molecule has 0 aromatic rings. The van der Waals surface area contributed by atoms with Gasteiger partial charge >= 0.3 is 0 Å². The second-order valence-corrected chi connectivity index (χ2v) is 7.30. The lowest BCUT2D eigenvalue weighted by Gasteiger charge is -2.50. The molecule has 2 atom stereocenters. The van der Waals surface area contributed by atoms with E-state index in [-0.39, 0.29) is 0 Å². The van der Waals surface area contributed by atoms with Gasteiger partial charge in [-0.1, -0.05) is 39.5 Å². The summed E-state index contributed by atoms with van der Waals surface area (Å²) in [5.41, 5.74) is 0.366. The first-order valence-electron chi connectivity index (χ1n) is 9.19. The number of nitrogens with one attached hydrogen (secondary N) is 1. The van der Waals surface area contributed by atoms with Gasteiger partial charge in [-0.15, -0.1) is 0 Å². The van der Waals surface area contributed by atoms with Gasteiger partial charge in [0.15, 0.2) is 0 Å². The minimum atomic E-state index is 0.366. The maximum Gasteiger partial charge on any atom is 0.0331 e. The number of rotatable bonds is 8. The van der Waals surface area contributed by atoms with Gasteiger partial charge in [-0.05, 0) is 64.6 Å². The zero-order valence-corrected chi connectivity index (χ0v) is 14.1. The molecule has 20 heavy (non-hydrogen) atoms. The molecule has 1 saturated heterocycles. The summed E-state index contributed by atoms with van der Waals surface area (Å²) in [7, 11) is 0. The molecular formula is C18H36N2. The van der Waals surface area contributed by atoms with Crippen molar-refractivity contribution in [3.05, 3.63) is 0 Å². The molecule has 0 aromatic carbocycles. The van der Waals surface area contributed by atoms with Gasteiger partial charge in [-0.2, -0.15) is 0 Å². The van der Waals surface area contributed by atoms with Crippen LogP contribution in [0.1, 0.15) is 78.6 Å². The molecule has 0 radical (unpaired) electrons. The van der Waals surface area contributed by atoms with E-state index in [0.29, 0.717) is 11.6 Å². The van der Waals surface area contributed by atoms with Crippen molar-refractivity contribution < 1.29 is 0 Å². The largest absolute Gasteiger partial charge is 0.312 e. The minimum absolute atomic E-state index is 0.366. The van der Waals surface area contributed by atoms with E-state index in [2.05, 4.69) is 31.0 Å². The Morgan fingerprint density at radius 2 is 1.80 bits per heavy atom. The fourth-order valence-corrected chi connectivity index (χ4v) is 4.03. The summed E-state index contributed by atoms with van der Waals surface area (Å²) in [6.07, 6.45) is 12.6. The molecule has 2 aliphatic rings. The molecule has 1 saturated carbocycles. The van der Waals surface area contributed by atoms with Gasteiger partial charge in [-0.25, -0.2) is 0 Å². The van der Waals surface area contributed by atoms with Crippen molar-refractivity contribution in [1.29, 1.82) is 0 Å². The fourth-order valence-electron chi connectivity index (χ4n) is 4.03. The Labute approximate surface area is 126 Å². The van der Waals surface area contributed by atoms with Crippen molar-refractivity contribution in [3.8, 4) is 0 Å². The Balaban J connectivity index is 2.03. The lowest BCUT2D eigenvalue weighted by molar-refractivity contribution is 0.0300. The zero-order chi connectivity index (χ0) is 14.4. The van der Waals surface area contributed by atoms with Crippen LogP contribution in [-0.2, 0) is 0 Å². The molecule has 0 aromatic heterocycles. The highest BCUT2D eigenvalue weighted by atomic mass is 15.2. The highest BCUT2D eigenvalue weighted by molar-refractivity contribution is 4.98. The zero-order valence-electron chi connectivity index (χ0n) is 14.1. The first-order valence-corrected chi connectivity index (χ1v) is 9.19. The summed E-state index contributed by atoms with van der Waals surface area (Å²) in [4.78, 5) is 2.81. The molecule has 1 N–H and O–H groups in total. The van der Waals surface area contributed by atoms with E-state index in [1.54, 1.807) is 0 Å². The van der Waals surface area contributed by atoms with Gasteiger partial charge in [0.25, 0.3) is 0 Å². The average Bonchev–Trinajstić information content (AvgIpc) is 2.45. The van der Waals surface area contributed by atoms with Gasteiger partial charge in [0.05, 0.1) is 0 Å². The fraction of sp³-hybridized carbons (Fsp3) is 1.00. The van der Waals surface area contributed by atoms with Crippen LogP contribution in [-0.4, -0.2) is 36.1 Å². The summed E-state index contributed by atoms with van der Waals surface area (Å²) >= 11 is 0. The van der Waals surface area contributed by atoms with Crippen LogP contribution in [0.4, 0.5) is 0 Å². The quantitative estimate of drug-likeness (QED) is 0.717. The lowest BCUT2D eigenvalue weighted by atomic mass is 9.74. The maximum atomic E-state index is 3.92. The van der Waals surface area contributed by atoms with E-state index in [4.69, 9.17) is 0 Å². The van der Waals surface area contributed by atoms with Crippen molar-refractivity contribution >= 4 is 0 Å². The Bertz CT molecular complexity index is 269. The summed E-state index contributed by atoms with van der Waals surface area (Å²) in [6, 6.07) is 0.691. The first-order chi connectivity index (χ1) is 9.70. The number of piperidine rings is 1. The van der Waals surface area contributed by atoms with E-state index < -0.39 is 0 Å². The number of hydrogen-bond donors (Lipinski definition) is 1. The molecule has 118 valence electrons. The molecule has 1 heterocycles. The second-order valence-electron chi connectivity index (χ2n) is 7.30. The topological polar surface area (TPSA) is 15.3 Å². The second kappa shape index (κ2) is 7.79. The third-order valence-electron chi connectivity index (χ3n) is 5.98. The molecule has 0 amide bonds. The van der Waals surface area contributed by atoms with E-state index in [1.165, 1.54) is 77.4 Å². The molecule has 2 nitrogen and oxygen atoms in total. The highest BCUT2D eigenvalue weighted by Crippen LogP contribution is 2.36. The molecule has 1 aliphatic heterocycles. The van der Waals surface area contributed by atoms with Crippen molar-refractivity contribution in [2.75, 3.05) is 19.6 Å². The van der Waals surface area contributed by atoms with Crippen molar-refractivity contribution in [2.24, 2.45) is 5.92 Å². The Hall–Kier alpha value is -0.0800. The lowest BCUT2D eigenvalue weighted by Crippen LogP contribution is -2.61. The van der Waals surface area contributed by atoms with E-state index in [9.17, 15) is 0 Å². The highest BCUT2D eigenvalue weighted by Gasteiger charge is 2.39. The van der Waals surface area contributed by atoms with Crippen molar-refractivity contribution in [2.45, 2.75) is 90.1 Å².